The molecular formula is C12H14FNO. The van der Waals surface area contributed by atoms with Gasteiger partial charge in [0.25, 0.3) is 0 Å². The predicted octanol–water partition coefficient (Wildman–Crippen LogP) is 3.09. The van der Waals surface area contributed by atoms with Crippen molar-refractivity contribution in [3.05, 3.63) is 34.6 Å². The number of carbonyl (C=O) groups excluding carboxylic acids is 1. The van der Waals surface area contributed by atoms with E-state index < -0.39 is 0 Å². The average molecular weight is 207 g/mol. The number of hydrogen-bond donors (Lipinski definition) is 0. The molecule has 0 heterocycles. The summed E-state index contributed by atoms with van der Waals surface area (Å²) >= 11 is 0. The SMILES string of the molecule is Cc1cc(F)c(C(C)C)cc1CN=C=O. The lowest BCUT2D eigenvalue weighted by Gasteiger charge is -2.11. The van der Waals surface area contributed by atoms with Gasteiger partial charge in [-0.25, -0.2) is 14.2 Å². The molecule has 0 N–H and O–H groups in total. The molecule has 0 spiro atoms. The van der Waals surface area contributed by atoms with Gasteiger partial charge in [-0.1, -0.05) is 19.9 Å². The summed E-state index contributed by atoms with van der Waals surface area (Å²) in [5.41, 5.74) is 2.36. The molecule has 0 radical (unpaired) electrons. The average Bonchev–Trinajstić information content (AvgIpc) is 2.16. The molecule has 1 rings (SSSR count). The summed E-state index contributed by atoms with van der Waals surface area (Å²) in [7, 11) is 0. The summed E-state index contributed by atoms with van der Waals surface area (Å²) in [5, 5.41) is 0. The van der Waals surface area contributed by atoms with Gasteiger partial charge >= 0.3 is 0 Å². The summed E-state index contributed by atoms with van der Waals surface area (Å²) in [5.74, 6) is -0.0640. The van der Waals surface area contributed by atoms with Crippen molar-refractivity contribution in [2.24, 2.45) is 4.99 Å². The predicted molar refractivity (Wildman–Crippen MR) is 57.1 cm³/mol. The number of rotatable bonds is 3. The molecule has 2 nitrogen and oxygen atoms in total. The maximum Gasteiger partial charge on any atom is 0.235 e. The van der Waals surface area contributed by atoms with Gasteiger partial charge in [-0.3, -0.25) is 0 Å². The van der Waals surface area contributed by atoms with Crippen LogP contribution in [0.15, 0.2) is 17.1 Å². The maximum atomic E-state index is 13.5. The summed E-state index contributed by atoms with van der Waals surface area (Å²) in [4.78, 5) is 13.5. The molecule has 0 atom stereocenters. The van der Waals surface area contributed by atoms with E-state index in [1.807, 2.05) is 20.8 Å². The molecule has 80 valence electrons. The number of aryl methyl sites for hydroxylation is 1. The van der Waals surface area contributed by atoms with Crippen LogP contribution in [0, 0.1) is 12.7 Å². The summed E-state index contributed by atoms with van der Waals surface area (Å²) in [6.45, 7) is 5.94. The molecule has 15 heavy (non-hydrogen) atoms. The van der Waals surface area contributed by atoms with Gasteiger partial charge in [-0.15, -0.1) is 0 Å². The molecule has 0 unspecified atom stereocenters. The van der Waals surface area contributed by atoms with E-state index in [0.717, 1.165) is 11.1 Å². The van der Waals surface area contributed by atoms with Gasteiger partial charge in [0.2, 0.25) is 6.08 Å². The lowest BCUT2D eigenvalue weighted by Crippen LogP contribution is -1.98. The largest absolute Gasteiger partial charge is 0.235 e. The zero-order valence-electron chi connectivity index (χ0n) is 9.17. The van der Waals surface area contributed by atoms with Crippen molar-refractivity contribution in [3.63, 3.8) is 0 Å². The van der Waals surface area contributed by atoms with E-state index in [4.69, 9.17) is 0 Å². The molecule has 0 amide bonds. The minimum Gasteiger partial charge on any atom is -0.211 e. The first-order valence-corrected chi connectivity index (χ1v) is 4.88. The van der Waals surface area contributed by atoms with Crippen LogP contribution in [0.5, 0.6) is 0 Å². The van der Waals surface area contributed by atoms with Crippen LogP contribution >= 0.6 is 0 Å². The quantitative estimate of drug-likeness (QED) is 0.553. The number of aliphatic imine (C=N–C) groups is 1. The Hall–Kier alpha value is -1.47. The second kappa shape index (κ2) is 4.85. The second-order valence-electron chi connectivity index (χ2n) is 3.86. The van der Waals surface area contributed by atoms with Crippen LogP contribution in [0.4, 0.5) is 4.39 Å². The molecule has 0 saturated carbocycles. The number of halogens is 1. The third kappa shape index (κ3) is 2.74. The topological polar surface area (TPSA) is 29.4 Å². The van der Waals surface area contributed by atoms with Gasteiger partial charge in [0.05, 0.1) is 6.54 Å². The molecule has 0 aliphatic heterocycles. The Labute approximate surface area is 88.8 Å². The van der Waals surface area contributed by atoms with Crippen LogP contribution < -0.4 is 0 Å². The molecule has 1 aromatic carbocycles. The first-order valence-electron chi connectivity index (χ1n) is 4.88. The van der Waals surface area contributed by atoms with Gasteiger partial charge in [-0.05, 0) is 35.6 Å². The highest BCUT2D eigenvalue weighted by Gasteiger charge is 2.09. The van der Waals surface area contributed by atoms with Crippen molar-refractivity contribution < 1.29 is 9.18 Å². The fraction of sp³-hybridized carbons (Fsp3) is 0.417. The van der Waals surface area contributed by atoms with Crippen molar-refractivity contribution in [2.45, 2.75) is 33.2 Å². The first-order chi connectivity index (χ1) is 7.06. The lowest BCUT2D eigenvalue weighted by molar-refractivity contribution is 0.562. The van der Waals surface area contributed by atoms with E-state index in [9.17, 15) is 9.18 Å². The van der Waals surface area contributed by atoms with E-state index in [0.29, 0.717) is 5.56 Å². The Morgan fingerprint density at radius 2 is 2.13 bits per heavy atom. The van der Waals surface area contributed by atoms with E-state index in [-0.39, 0.29) is 18.3 Å². The van der Waals surface area contributed by atoms with Crippen molar-refractivity contribution in [3.8, 4) is 0 Å². The Morgan fingerprint density at radius 1 is 1.47 bits per heavy atom. The normalized spacial score (nSPS) is 10.2. The third-order valence-electron chi connectivity index (χ3n) is 2.39. The highest BCUT2D eigenvalue weighted by atomic mass is 19.1. The highest BCUT2D eigenvalue weighted by Crippen LogP contribution is 2.22. The summed E-state index contributed by atoms with van der Waals surface area (Å²) in [6.07, 6.45) is 1.49. The molecule has 1 aromatic rings. The van der Waals surface area contributed by atoms with E-state index in [1.165, 1.54) is 12.1 Å². The van der Waals surface area contributed by atoms with Gasteiger partial charge in [0, 0.05) is 0 Å². The fourth-order valence-electron chi connectivity index (χ4n) is 1.47. The number of isocyanates is 1. The number of benzene rings is 1. The van der Waals surface area contributed by atoms with Crippen LogP contribution in [0.2, 0.25) is 0 Å². The molecule has 3 heteroatoms. The molecule has 0 aromatic heterocycles. The first kappa shape index (κ1) is 11.6. The molecule has 0 fully saturated rings. The summed E-state index contributed by atoms with van der Waals surface area (Å²) in [6, 6.07) is 3.27. The van der Waals surface area contributed by atoms with Crippen molar-refractivity contribution in [1.82, 2.24) is 0 Å². The minimum absolute atomic E-state index is 0.129. The zero-order valence-corrected chi connectivity index (χ0v) is 9.17. The van der Waals surface area contributed by atoms with Crippen molar-refractivity contribution in [2.75, 3.05) is 0 Å². The van der Waals surface area contributed by atoms with Gasteiger partial charge < -0.3 is 0 Å². The Balaban J connectivity index is 3.16. The van der Waals surface area contributed by atoms with Crippen molar-refractivity contribution in [1.29, 1.82) is 0 Å². The van der Waals surface area contributed by atoms with E-state index in [1.54, 1.807) is 6.07 Å². The Kier molecular flexibility index (Phi) is 3.75. The molecule has 0 aliphatic rings. The number of nitrogens with zero attached hydrogens (tertiary/aromatic N) is 1. The van der Waals surface area contributed by atoms with Gasteiger partial charge in [0.15, 0.2) is 0 Å². The lowest BCUT2D eigenvalue weighted by atomic mass is 9.97. The van der Waals surface area contributed by atoms with Crippen LogP contribution in [0.25, 0.3) is 0 Å². The molecular weight excluding hydrogens is 193 g/mol. The van der Waals surface area contributed by atoms with Crippen LogP contribution in [0.3, 0.4) is 0 Å². The monoisotopic (exact) mass is 207 g/mol. The second-order valence-corrected chi connectivity index (χ2v) is 3.86. The zero-order chi connectivity index (χ0) is 11.4. The van der Waals surface area contributed by atoms with Gasteiger partial charge in [0.1, 0.15) is 5.82 Å². The third-order valence-corrected chi connectivity index (χ3v) is 2.39. The molecule has 0 bridgehead atoms. The Morgan fingerprint density at radius 3 is 2.67 bits per heavy atom. The van der Waals surface area contributed by atoms with Crippen molar-refractivity contribution >= 4 is 6.08 Å². The van der Waals surface area contributed by atoms with Crippen LogP contribution in [0.1, 0.15) is 36.5 Å². The Bertz CT molecular complexity index is 406. The van der Waals surface area contributed by atoms with E-state index in [2.05, 4.69) is 4.99 Å². The van der Waals surface area contributed by atoms with E-state index >= 15 is 0 Å². The minimum atomic E-state index is -0.193. The smallest absolute Gasteiger partial charge is 0.211 e. The summed E-state index contributed by atoms with van der Waals surface area (Å²) < 4.78 is 13.5. The fourth-order valence-corrected chi connectivity index (χ4v) is 1.47. The molecule has 0 aliphatic carbocycles. The number of hydrogen-bond acceptors (Lipinski definition) is 2. The maximum absolute atomic E-state index is 13.5. The standard InChI is InChI=1S/C12H14FNO/c1-8(2)11-5-10(6-14-7-15)9(3)4-12(11)13/h4-5,8H,6H2,1-3H3. The van der Waals surface area contributed by atoms with Gasteiger partial charge in [-0.2, -0.15) is 0 Å². The molecule has 0 saturated heterocycles. The highest BCUT2D eigenvalue weighted by molar-refractivity contribution is 5.37. The van der Waals surface area contributed by atoms with Crippen LogP contribution in [-0.2, 0) is 11.3 Å². The van der Waals surface area contributed by atoms with Crippen LogP contribution in [-0.4, -0.2) is 6.08 Å².